The Balaban J connectivity index is 0.988. The van der Waals surface area contributed by atoms with Crippen LogP contribution in [0.2, 0.25) is 0 Å². The molecule has 77 heavy (non-hydrogen) atoms. The lowest BCUT2D eigenvalue weighted by Crippen LogP contribution is -2.72. The molecule has 0 N–H and O–H groups in total. The Morgan fingerprint density at radius 1 is 0.195 bits per heavy atom. The molecule has 16 rings (SSSR count). The number of hydrogen-bond donors (Lipinski definition) is 0. The molecule has 3 aliphatic rings. The highest BCUT2D eigenvalue weighted by molar-refractivity contribution is 7.22. The summed E-state index contributed by atoms with van der Waals surface area (Å²) in [4.78, 5) is 9.99. The molecule has 0 amide bonds. The van der Waals surface area contributed by atoms with Crippen LogP contribution in [-0.4, -0.2) is 8.07 Å². The van der Waals surface area contributed by atoms with Gasteiger partial charge in [-0.05, 0) is 138 Å². The molecule has 0 spiro atoms. The van der Waals surface area contributed by atoms with Crippen LogP contribution in [0.25, 0.3) is 43.4 Å². The summed E-state index contributed by atoms with van der Waals surface area (Å²) in [5.41, 5.74) is 16.2. The molecular weight excluding hydrogens is 949 g/mol. The second kappa shape index (κ2) is 17.0. The van der Waals surface area contributed by atoms with Gasteiger partial charge in [-0.1, -0.05) is 206 Å². The maximum Gasteiger partial charge on any atom is 0.180 e. The van der Waals surface area contributed by atoms with Crippen molar-refractivity contribution < 1.29 is 0 Å². The van der Waals surface area contributed by atoms with Crippen molar-refractivity contribution in [1.29, 1.82) is 0 Å². The quantitative estimate of drug-likeness (QED) is 0.122. The van der Waals surface area contributed by atoms with Crippen LogP contribution in [-0.2, 0) is 0 Å². The summed E-state index contributed by atoms with van der Waals surface area (Å²) in [6.07, 6.45) is 0. The Labute approximate surface area is 448 Å². The molecule has 3 heterocycles. The normalized spacial score (nSPS) is 13.7. The molecule has 0 aliphatic carbocycles. The Morgan fingerprint density at radius 2 is 0.532 bits per heavy atom. The first kappa shape index (κ1) is 43.5. The van der Waals surface area contributed by atoms with Crippen LogP contribution in [0.1, 0.15) is 0 Å². The molecule has 0 atom stereocenters. The zero-order chi connectivity index (χ0) is 50.6. The second-order valence-corrected chi connectivity index (χ2v) is 24.1. The van der Waals surface area contributed by atoms with Gasteiger partial charge in [-0.2, -0.15) is 0 Å². The average molecular weight is 997 g/mol. The van der Waals surface area contributed by atoms with Gasteiger partial charge in [0.25, 0.3) is 0 Å². The van der Waals surface area contributed by atoms with Crippen LogP contribution >= 0.6 is 0 Å². The van der Waals surface area contributed by atoms with E-state index < -0.39 is 8.07 Å². The van der Waals surface area contributed by atoms with E-state index in [0.717, 1.165) is 68.2 Å². The molecule has 360 valence electrons. The van der Waals surface area contributed by atoms with E-state index in [9.17, 15) is 0 Å². The van der Waals surface area contributed by atoms with Crippen molar-refractivity contribution in [1.82, 2.24) is 0 Å². The molecule has 13 aromatic carbocycles. The van der Waals surface area contributed by atoms with Crippen molar-refractivity contribution in [2.45, 2.75) is 0 Å². The van der Waals surface area contributed by atoms with Crippen LogP contribution in [0.15, 0.2) is 291 Å². The third-order valence-electron chi connectivity index (χ3n) is 16.5. The average Bonchev–Trinajstić information content (AvgIpc) is 4.08. The van der Waals surface area contributed by atoms with Gasteiger partial charge in [-0.25, -0.2) is 0 Å². The standard InChI is InChI=1S/C72H48N4Si/c1-5-25-49(26-6-1)73-61-38-18-21-41-64(61)75(65-42-22-19-39-62(65)73)67-45-58-54-34-14-16-36-56(54)68(46-59(58)53-33-13-15-35-55(53)67)76-66-43-23-20-40-63(66)74(50-27-7-2-8-28-50)69-47-60-57-37-17-24-44-71(57)77(72(60)48-70(69)76,51-29-9-3-10-30-51)52-31-11-4-12-32-52/h1-48H. The maximum atomic E-state index is 2.60. The summed E-state index contributed by atoms with van der Waals surface area (Å²) in [7, 11) is -2.89. The molecule has 0 aromatic heterocycles. The minimum atomic E-state index is -2.89. The minimum Gasteiger partial charge on any atom is -0.306 e. The highest BCUT2D eigenvalue weighted by atomic mass is 28.3. The fraction of sp³-hybridized carbons (Fsp3) is 0. The van der Waals surface area contributed by atoms with E-state index in [2.05, 4.69) is 311 Å². The zero-order valence-corrected chi connectivity index (χ0v) is 43.0. The first-order valence-electron chi connectivity index (χ1n) is 26.6. The van der Waals surface area contributed by atoms with Gasteiger partial charge in [0.2, 0.25) is 0 Å². The monoisotopic (exact) mass is 996 g/mol. The summed E-state index contributed by atoms with van der Waals surface area (Å²) in [5, 5.41) is 12.8. The van der Waals surface area contributed by atoms with Gasteiger partial charge >= 0.3 is 0 Å². The van der Waals surface area contributed by atoms with Gasteiger partial charge in [0.15, 0.2) is 8.07 Å². The van der Waals surface area contributed by atoms with Gasteiger partial charge in [-0.3, -0.25) is 0 Å². The van der Waals surface area contributed by atoms with E-state index in [1.807, 2.05) is 0 Å². The SMILES string of the molecule is c1ccc(N2c3ccccc3N(c3cc4c5ccccc5c(N5c6ccccc6N(c6ccccc6)c6cc7c(cc65)[Si](c5ccccc5)(c5ccccc5)c5ccccc5-7)cc4c4ccccc34)c3ccccc32)cc1. The van der Waals surface area contributed by atoms with E-state index in [0.29, 0.717) is 0 Å². The predicted octanol–water partition coefficient (Wildman–Crippen LogP) is 17.0. The molecule has 0 radical (unpaired) electrons. The molecule has 13 aromatic rings. The molecule has 0 saturated heterocycles. The van der Waals surface area contributed by atoms with Crippen molar-refractivity contribution in [2.75, 3.05) is 19.6 Å². The summed E-state index contributed by atoms with van der Waals surface area (Å²) in [5.74, 6) is 0. The largest absolute Gasteiger partial charge is 0.306 e. The lowest BCUT2D eigenvalue weighted by molar-refractivity contribution is 1.18. The summed E-state index contributed by atoms with van der Waals surface area (Å²) >= 11 is 0. The summed E-state index contributed by atoms with van der Waals surface area (Å²) in [6.45, 7) is 0. The molecule has 0 unspecified atom stereocenters. The first-order chi connectivity index (χ1) is 38.3. The number of rotatable bonds is 6. The smallest absolute Gasteiger partial charge is 0.180 e. The fourth-order valence-corrected chi connectivity index (χ4v) is 18.6. The van der Waals surface area contributed by atoms with Crippen molar-refractivity contribution >= 4 is 129 Å². The highest BCUT2D eigenvalue weighted by Gasteiger charge is 2.50. The van der Waals surface area contributed by atoms with Crippen LogP contribution < -0.4 is 40.3 Å². The predicted molar refractivity (Wildman–Crippen MR) is 327 cm³/mol. The lowest BCUT2D eigenvalue weighted by atomic mass is 9.92. The molecule has 4 nitrogen and oxygen atoms in total. The van der Waals surface area contributed by atoms with Crippen molar-refractivity contribution in [3.8, 4) is 11.1 Å². The first-order valence-corrected chi connectivity index (χ1v) is 28.6. The highest BCUT2D eigenvalue weighted by Crippen LogP contribution is 2.59. The Hall–Kier alpha value is -9.94. The molecular formula is C72H48N4Si. The summed E-state index contributed by atoms with van der Waals surface area (Å²) < 4.78 is 0. The zero-order valence-electron chi connectivity index (χ0n) is 42.0. The van der Waals surface area contributed by atoms with Gasteiger partial charge in [0.1, 0.15) is 0 Å². The van der Waals surface area contributed by atoms with Gasteiger partial charge in [-0.15, -0.1) is 0 Å². The number of para-hydroxylation sites is 8. The number of benzene rings is 13. The Bertz CT molecular complexity index is 4400. The van der Waals surface area contributed by atoms with Gasteiger partial charge < -0.3 is 19.6 Å². The van der Waals surface area contributed by atoms with E-state index in [1.165, 1.54) is 64.2 Å². The van der Waals surface area contributed by atoms with Crippen LogP contribution in [0.4, 0.5) is 68.2 Å². The third-order valence-corrected chi connectivity index (χ3v) is 21.3. The van der Waals surface area contributed by atoms with Gasteiger partial charge in [0, 0.05) is 22.1 Å². The number of nitrogens with zero attached hydrogens (tertiary/aromatic N) is 4. The van der Waals surface area contributed by atoms with Crippen molar-refractivity contribution in [3.63, 3.8) is 0 Å². The lowest BCUT2D eigenvalue weighted by Gasteiger charge is -2.42. The number of fused-ring (bicyclic) bond motifs is 12. The molecule has 0 fully saturated rings. The van der Waals surface area contributed by atoms with E-state index in [4.69, 9.17) is 0 Å². The maximum absolute atomic E-state index is 2.89. The van der Waals surface area contributed by atoms with Crippen molar-refractivity contribution in [2.24, 2.45) is 0 Å². The van der Waals surface area contributed by atoms with Crippen LogP contribution in [0.5, 0.6) is 0 Å². The van der Waals surface area contributed by atoms with Gasteiger partial charge in [0.05, 0.1) is 56.9 Å². The van der Waals surface area contributed by atoms with Crippen LogP contribution in [0, 0.1) is 0 Å². The van der Waals surface area contributed by atoms with E-state index in [1.54, 1.807) is 0 Å². The fourth-order valence-electron chi connectivity index (χ4n) is 13.4. The minimum absolute atomic E-state index is 1.12. The van der Waals surface area contributed by atoms with E-state index >= 15 is 0 Å². The third kappa shape index (κ3) is 6.26. The number of hydrogen-bond acceptors (Lipinski definition) is 4. The topological polar surface area (TPSA) is 13.0 Å². The summed E-state index contributed by atoms with van der Waals surface area (Å²) in [6, 6.07) is 109. The molecule has 3 aliphatic heterocycles. The van der Waals surface area contributed by atoms with Crippen molar-refractivity contribution in [3.05, 3.63) is 291 Å². The Kier molecular flexibility index (Phi) is 9.62. The van der Waals surface area contributed by atoms with Crippen LogP contribution in [0.3, 0.4) is 0 Å². The number of anilines is 12. The Morgan fingerprint density at radius 3 is 1.00 bits per heavy atom. The molecule has 0 saturated carbocycles. The molecule has 0 bridgehead atoms. The van der Waals surface area contributed by atoms with E-state index in [-0.39, 0.29) is 0 Å². The second-order valence-electron chi connectivity index (χ2n) is 20.4. The molecule has 5 heteroatoms.